The second-order valence-electron chi connectivity index (χ2n) is 6.05. The first kappa shape index (κ1) is 14.3. The first-order valence-corrected chi connectivity index (χ1v) is 7.87. The van der Waals surface area contributed by atoms with Crippen molar-refractivity contribution >= 4 is 0 Å². The summed E-state index contributed by atoms with van der Waals surface area (Å²) in [6.45, 7) is 10.2. The van der Waals surface area contributed by atoms with E-state index < -0.39 is 0 Å². The normalized spacial score (nSPS) is 34.7. The third-order valence-electron chi connectivity index (χ3n) is 4.34. The molecule has 2 fully saturated rings. The highest BCUT2D eigenvalue weighted by Crippen LogP contribution is 2.27. The molecule has 0 radical (unpaired) electrons. The fourth-order valence-corrected chi connectivity index (χ4v) is 3.43. The van der Waals surface area contributed by atoms with E-state index in [1.54, 1.807) is 0 Å². The van der Waals surface area contributed by atoms with Gasteiger partial charge in [-0.25, -0.2) is 0 Å². The van der Waals surface area contributed by atoms with E-state index in [9.17, 15) is 0 Å². The van der Waals surface area contributed by atoms with E-state index in [1.165, 1.54) is 51.7 Å². The summed E-state index contributed by atoms with van der Waals surface area (Å²) in [5.74, 6) is 0.863. The van der Waals surface area contributed by atoms with Gasteiger partial charge in [-0.2, -0.15) is 0 Å². The number of nitrogens with one attached hydrogen (secondary N) is 1. The fourth-order valence-electron chi connectivity index (χ4n) is 3.43. The first-order valence-electron chi connectivity index (χ1n) is 7.87. The van der Waals surface area contributed by atoms with E-state index >= 15 is 0 Å². The first-order chi connectivity index (χ1) is 8.79. The monoisotopic (exact) mass is 254 g/mol. The van der Waals surface area contributed by atoms with Crippen LogP contribution in [-0.2, 0) is 4.74 Å². The van der Waals surface area contributed by atoms with Crippen LogP contribution in [0.1, 0.15) is 46.0 Å². The van der Waals surface area contributed by atoms with E-state index in [-0.39, 0.29) is 0 Å². The molecule has 2 rings (SSSR count). The summed E-state index contributed by atoms with van der Waals surface area (Å²) in [4.78, 5) is 2.63. The molecule has 3 atom stereocenters. The molecule has 0 bridgehead atoms. The topological polar surface area (TPSA) is 24.5 Å². The number of nitrogens with zero attached hydrogens (tertiary/aromatic N) is 1. The molecule has 0 aromatic heterocycles. The predicted molar refractivity (Wildman–Crippen MR) is 75.9 cm³/mol. The SMILES string of the molecule is CCCNC1CCCC1CN1CCCOC(C)C1. The predicted octanol–water partition coefficient (Wildman–Crippen LogP) is 2.27. The Labute approximate surface area is 112 Å². The van der Waals surface area contributed by atoms with Gasteiger partial charge in [0.05, 0.1) is 6.10 Å². The minimum absolute atomic E-state index is 0.413. The number of rotatable bonds is 5. The number of hydrogen-bond acceptors (Lipinski definition) is 3. The van der Waals surface area contributed by atoms with E-state index in [1.807, 2.05) is 0 Å². The maximum atomic E-state index is 5.73. The molecule has 18 heavy (non-hydrogen) atoms. The van der Waals surface area contributed by atoms with Gasteiger partial charge in [0.25, 0.3) is 0 Å². The Morgan fingerprint density at radius 2 is 2.17 bits per heavy atom. The lowest BCUT2D eigenvalue weighted by Gasteiger charge is -2.29. The van der Waals surface area contributed by atoms with Gasteiger partial charge in [-0.15, -0.1) is 0 Å². The molecule has 1 aliphatic heterocycles. The average molecular weight is 254 g/mol. The third-order valence-corrected chi connectivity index (χ3v) is 4.34. The van der Waals surface area contributed by atoms with Crippen molar-refractivity contribution < 1.29 is 4.74 Å². The van der Waals surface area contributed by atoms with Crippen molar-refractivity contribution in [3.05, 3.63) is 0 Å². The summed E-state index contributed by atoms with van der Waals surface area (Å²) in [6, 6.07) is 0.768. The lowest BCUT2D eigenvalue weighted by molar-refractivity contribution is 0.0649. The zero-order valence-corrected chi connectivity index (χ0v) is 12.2. The number of hydrogen-bond donors (Lipinski definition) is 1. The molecule has 106 valence electrons. The van der Waals surface area contributed by atoms with Crippen LogP contribution in [0.5, 0.6) is 0 Å². The van der Waals surface area contributed by atoms with Crippen molar-refractivity contribution in [2.45, 2.75) is 58.1 Å². The second kappa shape index (κ2) is 7.46. The molecule has 0 aromatic rings. The van der Waals surface area contributed by atoms with E-state index in [4.69, 9.17) is 4.74 Å². The van der Waals surface area contributed by atoms with Crippen LogP contribution >= 0.6 is 0 Å². The standard InChI is InChI=1S/C15H30N2O/c1-3-8-16-15-7-4-6-14(15)12-17-9-5-10-18-13(2)11-17/h13-16H,3-12H2,1-2H3. The van der Waals surface area contributed by atoms with Crippen molar-refractivity contribution in [1.29, 1.82) is 0 Å². The summed E-state index contributed by atoms with van der Waals surface area (Å²) < 4.78 is 5.73. The Morgan fingerprint density at radius 1 is 1.28 bits per heavy atom. The van der Waals surface area contributed by atoms with Crippen molar-refractivity contribution in [2.24, 2.45) is 5.92 Å². The van der Waals surface area contributed by atoms with E-state index in [2.05, 4.69) is 24.1 Å². The van der Waals surface area contributed by atoms with Crippen LogP contribution < -0.4 is 5.32 Å². The molecule has 1 saturated carbocycles. The van der Waals surface area contributed by atoms with Gasteiger partial charge in [0, 0.05) is 32.3 Å². The maximum Gasteiger partial charge on any atom is 0.0673 e. The van der Waals surface area contributed by atoms with E-state index in [0.717, 1.165) is 25.1 Å². The molecule has 2 aliphatic rings. The van der Waals surface area contributed by atoms with Gasteiger partial charge in [-0.3, -0.25) is 0 Å². The summed E-state index contributed by atoms with van der Waals surface area (Å²) in [5.41, 5.74) is 0. The zero-order valence-electron chi connectivity index (χ0n) is 12.2. The van der Waals surface area contributed by atoms with Crippen LogP contribution in [-0.4, -0.2) is 49.8 Å². The molecule has 3 unspecified atom stereocenters. The van der Waals surface area contributed by atoms with Crippen LogP contribution in [0.3, 0.4) is 0 Å². The number of ether oxygens (including phenoxy) is 1. The largest absolute Gasteiger partial charge is 0.377 e. The molecule has 1 N–H and O–H groups in total. The highest BCUT2D eigenvalue weighted by atomic mass is 16.5. The molecular weight excluding hydrogens is 224 g/mol. The molecule has 1 aliphatic carbocycles. The Balaban J connectivity index is 1.79. The Bertz CT molecular complexity index is 235. The minimum atomic E-state index is 0.413. The molecule has 1 saturated heterocycles. The van der Waals surface area contributed by atoms with Gasteiger partial charge in [-0.1, -0.05) is 13.3 Å². The second-order valence-corrected chi connectivity index (χ2v) is 6.05. The van der Waals surface area contributed by atoms with Gasteiger partial charge >= 0.3 is 0 Å². The van der Waals surface area contributed by atoms with Crippen LogP contribution in [0.4, 0.5) is 0 Å². The van der Waals surface area contributed by atoms with E-state index in [0.29, 0.717) is 6.10 Å². The lowest BCUT2D eigenvalue weighted by atomic mass is 10.0. The van der Waals surface area contributed by atoms with Gasteiger partial charge < -0.3 is 15.0 Å². The van der Waals surface area contributed by atoms with Gasteiger partial charge in [-0.05, 0) is 45.1 Å². The lowest BCUT2D eigenvalue weighted by Crippen LogP contribution is -2.41. The van der Waals surface area contributed by atoms with Crippen LogP contribution in [0.25, 0.3) is 0 Å². The molecule has 3 nitrogen and oxygen atoms in total. The smallest absolute Gasteiger partial charge is 0.0673 e. The molecule has 0 amide bonds. The van der Waals surface area contributed by atoms with Crippen molar-refractivity contribution in [3.8, 4) is 0 Å². The summed E-state index contributed by atoms with van der Waals surface area (Å²) in [5, 5.41) is 3.74. The van der Waals surface area contributed by atoms with Crippen LogP contribution in [0.15, 0.2) is 0 Å². The van der Waals surface area contributed by atoms with Crippen LogP contribution in [0.2, 0.25) is 0 Å². The quantitative estimate of drug-likeness (QED) is 0.814. The van der Waals surface area contributed by atoms with Crippen molar-refractivity contribution in [2.75, 3.05) is 32.8 Å². The summed E-state index contributed by atoms with van der Waals surface area (Å²) >= 11 is 0. The van der Waals surface area contributed by atoms with Gasteiger partial charge in [0.15, 0.2) is 0 Å². The third kappa shape index (κ3) is 4.22. The Kier molecular flexibility index (Phi) is 5.93. The highest BCUT2D eigenvalue weighted by molar-refractivity contribution is 4.85. The van der Waals surface area contributed by atoms with Gasteiger partial charge in [0.2, 0.25) is 0 Å². The van der Waals surface area contributed by atoms with Crippen molar-refractivity contribution in [3.63, 3.8) is 0 Å². The zero-order chi connectivity index (χ0) is 12.8. The average Bonchev–Trinajstić information content (AvgIpc) is 2.68. The Morgan fingerprint density at radius 3 is 3.00 bits per heavy atom. The summed E-state index contributed by atoms with van der Waals surface area (Å²) in [6.07, 6.45) is 7.06. The van der Waals surface area contributed by atoms with Crippen molar-refractivity contribution in [1.82, 2.24) is 10.2 Å². The summed E-state index contributed by atoms with van der Waals surface area (Å²) in [7, 11) is 0. The molecule has 3 heteroatoms. The molecular formula is C15H30N2O. The minimum Gasteiger partial charge on any atom is -0.377 e. The Hall–Kier alpha value is -0.120. The molecule has 0 spiro atoms. The maximum absolute atomic E-state index is 5.73. The fraction of sp³-hybridized carbons (Fsp3) is 1.00. The van der Waals surface area contributed by atoms with Crippen LogP contribution in [0, 0.1) is 5.92 Å². The van der Waals surface area contributed by atoms with Gasteiger partial charge in [0.1, 0.15) is 0 Å². The highest BCUT2D eigenvalue weighted by Gasteiger charge is 2.29. The molecule has 1 heterocycles. The molecule has 0 aromatic carbocycles.